The van der Waals surface area contributed by atoms with E-state index in [0.717, 1.165) is 18.6 Å². The zero-order valence-electron chi connectivity index (χ0n) is 19.3. The van der Waals surface area contributed by atoms with Gasteiger partial charge in [-0.1, -0.05) is 6.92 Å². The summed E-state index contributed by atoms with van der Waals surface area (Å²) in [5.74, 6) is 0.987. The van der Waals surface area contributed by atoms with Crippen molar-refractivity contribution in [2.45, 2.75) is 51.4 Å². The third-order valence-electron chi connectivity index (χ3n) is 5.50. The molecule has 37 heavy (non-hydrogen) atoms. The molecule has 4 rings (SSSR count). The van der Waals surface area contributed by atoms with Crippen LogP contribution in [-0.2, 0) is 36.8 Å². The van der Waals surface area contributed by atoms with Crippen LogP contribution in [0.5, 0.6) is 0 Å². The number of rotatable bonds is 8. The van der Waals surface area contributed by atoms with Gasteiger partial charge in [0.15, 0.2) is 5.82 Å². The van der Waals surface area contributed by atoms with Gasteiger partial charge >= 0.3 is 12.4 Å². The van der Waals surface area contributed by atoms with E-state index in [-0.39, 0.29) is 25.7 Å². The van der Waals surface area contributed by atoms with Gasteiger partial charge in [0, 0.05) is 25.0 Å². The van der Waals surface area contributed by atoms with Crippen molar-refractivity contribution in [1.29, 1.82) is 0 Å². The van der Waals surface area contributed by atoms with Crippen LogP contribution in [0.25, 0.3) is 0 Å². The summed E-state index contributed by atoms with van der Waals surface area (Å²) < 4.78 is 85.2. The van der Waals surface area contributed by atoms with Crippen LogP contribution >= 0.6 is 0 Å². The zero-order chi connectivity index (χ0) is 26.8. The Morgan fingerprint density at radius 2 is 1.84 bits per heavy atom. The summed E-state index contributed by atoms with van der Waals surface area (Å²) in [6, 6.07) is -0.561. The molecule has 3 aromatic rings. The van der Waals surface area contributed by atoms with Gasteiger partial charge < -0.3 is 15.0 Å². The highest BCUT2D eigenvalue weighted by atomic mass is 19.4. The van der Waals surface area contributed by atoms with Crippen LogP contribution in [0.4, 0.5) is 38.0 Å². The fourth-order valence-electron chi connectivity index (χ4n) is 3.61. The van der Waals surface area contributed by atoms with Crippen molar-refractivity contribution in [3.8, 4) is 0 Å². The average Bonchev–Trinajstić information content (AvgIpc) is 3.24. The van der Waals surface area contributed by atoms with Gasteiger partial charge in [-0.25, -0.2) is 24.7 Å². The minimum absolute atomic E-state index is 0.00398. The first-order chi connectivity index (χ1) is 17.5. The Hall–Kier alpha value is -3.76. The molecule has 0 aromatic carbocycles. The number of H-pyrrole nitrogens is 1. The molecule has 0 radical (unpaired) electrons. The standard InChI is InChI=1S/C20H21F6N9O2/c1-2-12(30-13-7-29-32-17(36)16(13)20(24,25)26)9-37-10-14-31-15-8-34(3-4-35(15)33-14)18-27-5-11(6-28-18)19(21,22)23/h5-7,12H,2-4,8-10H2,1H3,(H2,30,32,36)/t12-/m0/s1. The molecule has 0 unspecified atom stereocenters. The normalized spacial score (nSPS) is 14.9. The molecule has 17 heteroatoms. The number of fused-ring (bicyclic) bond motifs is 1. The number of alkyl halides is 6. The Kier molecular flexibility index (Phi) is 7.33. The van der Waals surface area contributed by atoms with E-state index in [9.17, 15) is 31.1 Å². The van der Waals surface area contributed by atoms with Gasteiger partial charge in [-0.05, 0) is 6.42 Å². The van der Waals surface area contributed by atoms with E-state index in [1.165, 1.54) is 0 Å². The average molecular weight is 533 g/mol. The van der Waals surface area contributed by atoms with Crippen molar-refractivity contribution in [2.75, 3.05) is 23.4 Å². The second kappa shape index (κ2) is 10.3. The molecule has 0 saturated heterocycles. The summed E-state index contributed by atoms with van der Waals surface area (Å²) in [7, 11) is 0. The summed E-state index contributed by atoms with van der Waals surface area (Å²) in [6.45, 7) is 2.70. The van der Waals surface area contributed by atoms with Crippen LogP contribution in [0.1, 0.15) is 36.1 Å². The molecule has 200 valence electrons. The smallest absolute Gasteiger partial charge is 0.378 e. The Morgan fingerprint density at radius 3 is 2.49 bits per heavy atom. The number of anilines is 2. The van der Waals surface area contributed by atoms with Crippen LogP contribution in [0.3, 0.4) is 0 Å². The lowest BCUT2D eigenvalue weighted by molar-refractivity contribution is -0.139. The Morgan fingerprint density at radius 1 is 1.11 bits per heavy atom. The van der Waals surface area contributed by atoms with Crippen LogP contribution < -0.4 is 15.8 Å². The van der Waals surface area contributed by atoms with E-state index in [4.69, 9.17) is 4.74 Å². The minimum Gasteiger partial charge on any atom is -0.378 e. The van der Waals surface area contributed by atoms with Crippen molar-refractivity contribution in [3.05, 3.63) is 51.7 Å². The summed E-state index contributed by atoms with van der Waals surface area (Å²) in [5.41, 5.74) is -4.11. The van der Waals surface area contributed by atoms with Crippen molar-refractivity contribution < 1.29 is 31.1 Å². The summed E-state index contributed by atoms with van der Waals surface area (Å²) >= 11 is 0. The summed E-state index contributed by atoms with van der Waals surface area (Å²) in [5, 5.41) is 12.2. The Bertz CT molecular complexity index is 1270. The quantitative estimate of drug-likeness (QED) is 0.420. The lowest BCUT2D eigenvalue weighted by atomic mass is 10.2. The number of ether oxygens (including phenoxy) is 1. The van der Waals surface area contributed by atoms with Crippen LogP contribution in [0.15, 0.2) is 23.4 Å². The Balaban J connectivity index is 1.35. The molecule has 3 aromatic heterocycles. The third kappa shape index (κ3) is 6.15. The fraction of sp³-hybridized carbons (Fsp3) is 0.500. The van der Waals surface area contributed by atoms with Gasteiger partial charge in [0.1, 0.15) is 18.0 Å². The molecule has 0 saturated carbocycles. The third-order valence-corrected chi connectivity index (χ3v) is 5.50. The molecule has 0 spiro atoms. The van der Waals surface area contributed by atoms with Gasteiger partial charge in [-0.15, -0.1) is 0 Å². The molecule has 1 aliphatic rings. The fourth-order valence-corrected chi connectivity index (χ4v) is 3.61. The van der Waals surface area contributed by atoms with Crippen molar-refractivity contribution >= 4 is 11.6 Å². The maximum atomic E-state index is 13.3. The predicted octanol–water partition coefficient (Wildman–Crippen LogP) is 2.62. The first-order valence-corrected chi connectivity index (χ1v) is 11.0. The maximum Gasteiger partial charge on any atom is 0.423 e. The van der Waals surface area contributed by atoms with E-state index >= 15 is 0 Å². The summed E-state index contributed by atoms with van der Waals surface area (Å²) in [4.78, 5) is 25.3. The van der Waals surface area contributed by atoms with Gasteiger partial charge in [-0.2, -0.15) is 36.5 Å². The monoisotopic (exact) mass is 533 g/mol. The number of nitrogens with zero attached hydrogens (tertiary/aromatic N) is 7. The number of halogens is 6. The number of nitrogens with one attached hydrogen (secondary N) is 2. The molecule has 1 aliphatic heterocycles. The maximum absolute atomic E-state index is 13.3. The van der Waals surface area contributed by atoms with Crippen molar-refractivity contribution in [1.82, 2.24) is 34.9 Å². The van der Waals surface area contributed by atoms with Crippen molar-refractivity contribution in [2.24, 2.45) is 0 Å². The van der Waals surface area contributed by atoms with Gasteiger partial charge in [0.2, 0.25) is 5.95 Å². The van der Waals surface area contributed by atoms with E-state index < -0.39 is 40.8 Å². The van der Waals surface area contributed by atoms with E-state index in [1.807, 2.05) is 0 Å². The topological polar surface area (TPSA) is 127 Å². The molecule has 0 amide bonds. The highest BCUT2D eigenvalue weighted by molar-refractivity contribution is 5.50. The molecule has 0 aliphatic carbocycles. The Labute approximate surface area is 204 Å². The SMILES string of the molecule is CC[C@@H](COCc1nc2n(n1)CCN(c1ncc(C(F)(F)F)cn1)C2)Nc1cn[nH]c(=O)c1C(F)(F)F. The first kappa shape index (κ1) is 26.3. The van der Waals surface area contributed by atoms with Crippen LogP contribution in [0, 0.1) is 0 Å². The number of hydrogen-bond donors (Lipinski definition) is 2. The largest absolute Gasteiger partial charge is 0.423 e. The lowest BCUT2D eigenvalue weighted by Gasteiger charge is -2.26. The molecular weight excluding hydrogens is 512 g/mol. The number of aromatic nitrogens is 7. The van der Waals surface area contributed by atoms with Crippen LogP contribution in [0.2, 0.25) is 0 Å². The molecular formula is C20H21F6N9O2. The van der Waals surface area contributed by atoms with E-state index in [2.05, 4.69) is 30.5 Å². The number of aromatic amines is 1. The molecule has 0 bridgehead atoms. The molecule has 0 fully saturated rings. The highest BCUT2D eigenvalue weighted by Crippen LogP contribution is 2.32. The minimum atomic E-state index is -4.86. The first-order valence-electron chi connectivity index (χ1n) is 11.0. The zero-order valence-corrected chi connectivity index (χ0v) is 19.3. The molecule has 4 heterocycles. The van der Waals surface area contributed by atoms with Crippen LogP contribution in [-0.4, -0.2) is 54.1 Å². The van der Waals surface area contributed by atoms with E-state index in [1.54, 1.807) is 21.6 Å². The van der Waals surface area contributed by atoms with Gasteiger partial charge in [-0.3, -0.25) is 4.79 Å². The lowest BCUT2D eigenvalue weighted by Crippen LogP contribution is -2.35. The summed E-state index contributed by atoms with van der Waals surface area (Å²) in [6.07, 6.45) is -6.67. The molecule has 1 atom stereocenters. The number of hydrogen-bond acceptors (Lipinski definition) is 9. The molecule has 11 nitrogen and oxygen atoms in total. The second-order valence-corrected chi connectivity index (χ2v) is 8.11. The van der Waals surface area contributed by atoms with E-state index in [0.29, 0.717) is 31.2 Å². The molecule has 2 N–H and O–H groups in total. The predicted molar refractivity (Wildman–Crippen MR) is 115 cm³/mol. The highest BCUT2D eigenvalue weighted by Gasteiger charge is 2.37. The van der Waals surface area contributed by atoms with Crippen molar-refractivity contribution in [3.63, 3.8) is 0 Å². The second-order valence-electron chi connectivity index (χ2n) is 8.11. The van der Waals surface area contributed by atoms with Gasteiger partial charge in [0.25, 0.3) is 5.56 Å². The van der Waals surface area contributed by atoms with Gasteiger partial charge in [0.05, 0.1) is 37.1 Å².